The minimum Gasteiger partial charge on any atom is -0.372 e. The minimum absolute atomic E-state index is 0.246. The Bertz CT molecular complexity index is 876. The summed E-state index contributed by atoms with van der Waals surface area (Å²) in [5, 5.41) is 14.4. The minimum atomic E-state index is -0.246. The van der Waals surface area contributed by atoms with Gasteiger partial charge in [0.1, 0.15) is 5.82 Å². The van der Waals surface area contributed by atoms with E-state index >= 15 is 0 Å². The van der Waals surface area contributed by atoms with Crippen LogP contribution in [0.25, 0.3) is 0 Å². The van der Waals surface area contributed by atoms with Gasteiger partial charge < -0.3 is 15.5 Å². The molecule has 2 N–H and O–H groups in total. The van der Waals surface area contributed by atoms with Gasteiger partial charge >= 0.3 is 0 Å². The molecule has 138 valence electrons. The molecule has 0 amide bonds. The molecule has 6 nitrogen and oxygen atoms in total. The average Bonchev–Trinajstić information content (AvgIpc) is 3.23. The fraction of sp³-hybridized carbons (Fsp3) is 0.250. The summed E-state index contributed by atoms with van der Waals surface area (Å²) in [6.45, 7) is 2.78. The van der Waals surface area contributed by atoms with Gasteiger partial charge in [0.05, 0.1) is 6.20 Å². The molecule has 0 spiro atoms. The van der Waals surface area contributed by atoms with Gasteiger partial charge in [-0.05, 0) is 54.8 Å². The second kappa shape index (κ2) is 7.99. The maximum Gasteiger partial charge on any atom is 0.249 e. The number of benzene rings is 2. The molecule has 0 radical (unpaired) electrons. The largest absolute Gasteiger partial charge is 0.372 e. The topological polar surface area (TPSA) is 66.0 Å². The van der Waals surface area contributed by atoms with E-state index in [1.54, 1.807) is 18.3 Å². The Morgan fingerprint density at radius 1 is 0.963 bits per heavy atom. The van der Waals surface area contributed by atoms with Crippen molar-refractivity contribution in [3.05, 3.63) is 66.1 Å². The highest BCUT2D eigenvalue weighted by Crippen LogP contribution is 2.23. The van der Waals surface area contributed by atoms with Crippen molar-refractivity contribution in [1.82, 2.24) is 15.2 Å². The van der Waals surface area contributed by atoms with E-state index in [9.17, 15) is 4.39 Å². The lowest BCUT2D eigenvalue weighted by Gasteiger charge is -2.17. The molecule has 1 aromatic heterocycles. The molecule has 0 aliphatic carbocycles. The van der Waals surface area contributed by atoms with Gasteiger partial charge in [-0.2, -0.15) is 10.1 Å². The smallest absolute Gasteiger partial charge is 0.249 e. The Morgan fingerprint density at radius 3 is 2.44 bits per heavy atom. The molecule has 7 heteroatoms. The molecule has 4 rings (SSSR count). The number of anilines is 4. The number of nitrogens with one attached hydrogen (secondary N) is 2. The average molecular weight is 364 g/mol. The normalized spacial score (nSPS) is 13.6. The fourth-order valence-electron chi connectivity index (χ4n) is 3.10. The SMILES string of the molecule is Fc1ccc(CNc2cnnc(Nc3ccc(N4CCCC4)cc3)n2)cc1. The van der Waals surface area contributed by atoms with Crippen LogP contribution in [0.2, 0.25) is 0 Å². The third kappa shape index (κ3) is 4.49. The molecule has 27 heavy (non-hydrogen) atoms. The van der Waals surface area contributed by atoms with Crippen molar-refractivity contribution in [1.29, 1.82) is 0 Å². The van der Waals surface area contributed by atoms with Crippen LogP contribution in [0, 0.1) is 5.82 Å². The van der Waals surface area contributed by atoms with E-state index in [2.05, 4.69) is 42.8 Å². The third-order valence-electron chi connectivity index (χ3n) is 4.54. The summed E-state index contributed by atoms with van der Waals surface area (Å²) in [5.41, 5.74) is 3.12. The summed E-state index contributed by atoms with van der Waals surface area (Å²) in [6, 6.07) is 14.6. The molecule has 1 saturated heterocycles. The molecule has 0 saturated carbocycles. The van der Waals surface area contributed by atoms with Crippen LogP contribution >= 0.6 is 0 Å². The second-order valence-corrected chi connectivity index (χ2v) is 6.51. The number of hydrogen-bond acceptors (Lipinski definition) is 6. The van der Waals surface area contributed by atoms with E-state index in [1.165, 1.54) is 30.7 Å². The molecule has 0 unspecified atom stereocenters. The molecule has 2 aromatic carbocycles. The first-order valence-electron chi connectivity index (χ1n) is 9.06. The molecular formula is C20H21FN6. The lowest BCUT2D eigenvalue weighted by molar-refractivity contribution is 0.627. The maximum atomic E-state index is 13.0. The van der Waals surface area contributed by atoms with Crippen LogP contribution < -0.4 is 15.5 Å². The van der Waals surface area contributed by atoms with Crippen molar-refractivity contribution in [2.24, 2.45) is 0 Å². The Balaban J connectivity index is 1.37. The third-order valence-corrected chi connectivity index (χ3v) is 4.54. The van der Waals surface area contributed by atoms with Crippen LogP contribution in [0.15, 0.2) is 54.7 Å². The fourth-order valence-corrected chi connectivity index (χ4v) is 3.10. The first kappa shape index (κ1) is 17.2. The van der Waals surface area contributed by atoms with Crippen LogP contribution in [0.5, 0.6) is 0 Å². The number of rotatable bonds is 6. The standard InChI is InChI=1S/C20H21FN6/c21-16-5-3-15(4-6-16)13-22-19-14-23-26-20(25-19)24-17-7-9-18(10-8-17)27-11-1-2-12-27/h3-10,14H,1-2,11-13H2,(H2,22,24,25,26). The van der Waals surface area contributed by atoms with Crippen LogP contribution in [0.4, 0.5) is 27.5 Å². The predicted octanol–water partition coefficient (Wildman–Crippen LogP) is 3.97. The lowest BCUT2D eigenvalue weighted by atomic mass is 10.2. The zero-order chi connectivity index (χ0) is 18.5. The first-order valence-corrected chi connectivity index (χ1v) is 9.06. The summed E-state index contributed by atoms with van der Waals surface area (Å²) < 4.78 is 13.0. The number of hydrogen-bond donors (Lipinski definition) is 2. The quantitative estimate of drug-likeness (QED) is 0.690. The van der Waals surface area contributed by atoms with Crippen molar-refractivity contribution in [2.45, 2.75) is 19.4 Å². The zero-order valence-corrected chi connectivity index (χ0v) is 14.9. The Kier molecular flexibility index (Phi) is 5.09. The van der Waals surface area contributed by atoms with E-state index in [-0.39, 0.29) is 5.82 Å². The molecular weight excluding hydrogens is 343 g/mol. The lowest BCUT2D eigenvalue weighted by Crippen LogP contribution is -2.17. The van der Waals surface area contributed by atoms with Gasteiger partial charge in [0.2, 0.25) is 5.95 Å². The Hall–Kier alpha value is -3.22. The maximum absolute atomic E-state index is 13.0. The van der Waals surface area contributed by atoms with Gasteiger partial charge in [0.25, 0.3) is 0 Å². The summed E-state index contributed by atoms with van der Waals surface area (Å²) in [6.07, 6.45) is 4.08. The molecule has 1 fully saturated rings. The monoisotopic (exact) mass is 364 g/mol. The highest BCUT2D eigenvalue weighted by Gasteiger charge is 2.12. The van der Waals surface area contributed by atoms with Gasteiger partial charge in [0.15, 0.2) is 5.82 Å². The van der Waals surface area contributed by atoms with Crippen LogP contribution in [0.1, 0.15) is 18.4 Å². The highest BCUT2D eigenvalue weighted by molar-refractivity contribution is 5.59. The summed E-state index contributed by atoms with van der Waals surface area (Å²) >= 11 is 0. The first-order chi connectivity index (χ1) is 13.3. The molecule has 1 aliphatic rings. The molecule has 2 heterocycles. The van der Waals surface area contributed by atoms with Crippen molar-refractivity contribution < 1.29 is 4.39 Å². The van der Waals surface area contributed by atoms with Crippen molar-refractivity contribution in [3.8, 4) is 0 Å². The van der Waals surface area contributed by atoms with E-state index < -0.39 is 0 Å². The summed E-state index contributed by atoms with van der Waals surface area (Å²) in [5.74, 6) is 0.781. The van der Waals surface area contributed by atoms with E-state index in [0.29, 0.717) is 18.3 Å². The zero-order valence-electron chi connectivity index (χ0n) is 14.9. The number of nitrogens with zero attached hydrogens (tertiary/aromatic N) is 4. The number of halogens is 1. The number of aromatic nitrogens is 3. The van der Waals surface area contributed by atoms with Gasteiger partial charge in [-0.3, -0.25) is 0 Å². The predicted molar refractivity (Wildman–Crippen MR) is 105 cm³/mol. The molecule has 0 atom stereocenters. The second-order valence-electron chi connectivity index (χ2n) is 6.51. The van der Waals surface area contributed by atoms with Crippen molar-refractivity contribution >= 4 is 23.1 Å². The molecule has 1 aliphatic heterocycles. The van der Waals surface area contributed by atoms with E-state index in [4.69, 9.17) is 0 Å². The van der Waals surface area contributed by atoms with Gasteiger partial charge in [-0.15, -0.1) is 5.10 Å². The van der Waals surface area contributed by atoms with Crippen LogP contribution in [-0.4, -0.2) is 28.3 Å². The molecule has 3 aromatic rings. The van der Waals surface area contributed by atoms with Crippen molar-refractivity contribution in [2.75, 3.05) is 28.6 Å². The van der Waals surface area contributed by atoms with Gasteiger partial charge in [-0.25, -0.2) is 4.39 Å². The van der Waals surface area contributed by atoms with E-state index in [0.717, 1.165) is 24.3 Å². The summed E-state index contributed by atoms with van der Waals surface area (Å²) in [7, 11) is 0. The van der Waals surface area contributed by atoms with Crippen LogP contribution in [-0.2, 0) is 6.54 Å². The van der Waals surface area contributed by atoms with Gasteiger partial charge in [0, 0.05) is 31.0 Å². The molecule has 0 bridgehead atoms. The summed E-state index contributed by atoms with van der Waals surface area (Å²) in [4.78, 5) is 6.81. The van der Waals surface area contributed by atoms with Gasteiger partial charge in [-0.1, -0.05) is 12.1 Å². The Morgan fingerprint density at radius 2 is 1.70 bits per heavy atom. The Labute approximate surface area is 157 Å². The highest BCUT2D eigenvalue weighted by atomic mass is 19.1. The van der Waals surface area contributed by atoms with Crippen LogP contribution in [0.3, 0.4) is 0 Å². The van der Waals surface area contributed by atoms with Crippen molar-refractivity contribution in [3.63, 3.8) is 0 Å². The van der Waals surface area contributed by atoms with E-state index in [1.807, 2.05) is 12.1 Å².